The van der Waals surface area contributed by atoms with Crippen molar-refractivity contribution in [3.05, 3.63) is 45.3 Å². The Hall–Kier alpha value is -2.44. The lowest BCUT2D eigenvalue weighted by atomic mass is 9.64. The Balaban J connectivity index is 1.73. The smallest absolute Gasteiger partial charge is 0.408 e. The van der Waals surface area contributed by atoms with Crippen LogP contribution in [0.5, 0.6) is 0 Å². The zero-order chi connectivity index (χ0) is 25.5. The van der Waals surface area contributed by atoms with Crippen LogP contribution in [0.2, 0.25) is 5.02 Å². The number of halogens is 1. The summed E-state index contributed by atoms with van der Waals surface area (Å²) in [6.45, 7) is 7.04. The molecule has 1 aromatic rings. The lowest BCUT2D eigenvalue weighted by molar-refractivity contribution is -0.136. The molecule has 0 bridgehead atoms. The molecule has 2 fully saturated rings. The van der Waals surface area contributed by atoms with E-state index in [-0.39, 0.29) is 11.3 Å². The van der Waals surface area contributed by atoms with E-state index in [2.05, 4.69) is 15.3 Å². The first-order valence-corrected chi connectivity index (χ1v) is 13.0. The molecule has 0 unspecified atom stereocenters. The van der Waals surface area contributed by atoms with E-state index in [4.69, 9.17) is 21.9 Å². The van der Waals surface area contributed by atoms with Gasteiger partial charge in [0.05, 0.1) is 0 Å². The number of benzene rings is 1. The largest absolute Gasteiger partial charge is 0.444 e. The molecule has 0 spiro atoms. The second kappa shape index (κ2) is 12.0. The Morgan fingerprint density at radius 2 is 1.83 bits per heavy atom. The van der Waals surface area contributed by atoms with Gasteiger partial charge in [-0.05, 0) is 81.0 Å². The van der Waals surface area contributed by atoms with Crippen molar-refractivity contribution in [3.63, 3.8) is 0 Å². The van der Waals surface area contributed by atoms with Gasteiger partial charge in [-0.2, -0.15) is 0 Å². The van der Waals surface area contributed by atoms with Crippen LogP contribution in [-0.2, 0) is 16.0 Å². The second-order valence-corrected chi connectivity index (χ2v) is 11.4. The van der Waals surface area contributed by atoms with Crippen molar-refractivity contribution in [3.8, 4) is 0 Å². The molecule has 35 heavy (non-hydrogen) atoms. The van der Waals surface area contributed by atoms with Crippen LogP contribution in [0.25, 0.3) is 10.4 Å². The molecule has 1 heterocycles. The quantitative estimate of drug-likeness (QED) is 0.269. The minimum atomic E-state index is -0.745. The molecule has 1 aliphatic heterocycles. The van der Waals surface area contributed by atoms with Crippen LogP contribution in [0.15, 0.2) is 29.4 Å². The fourth-order valence-corrected chi connectivity index (χ4v) is 5.61. The van der Waals surface area contributed by atoms with E-state index in [1.54, 1.807) is 32.9 Å². The van der Waals surface area contributed by atoms with Crippen LogP contribution in [0.1, 0.15) is 71.3 Å². The van der Waals surface area contributed by atoms with Gasteiger partial charge in [0.2, 0.25) is 5.91 Å². The number of carbonyl (C=O) groups excluding carboxylic acids is 2. The average molecular weight is 504 g/mol. The van der Waals surface area contributed by atoms with Crippen molar-refractivity contribution < 1.29 is 14.3 Å². The number of amides is 2. The van der Waals surface area contributed by atoms with E-state index < -0.39 is 17.7 Å². The summed E-state index contributed by atoms with van der Waals surface area (Å²) < 4.78 is 5.43. The summed E-state index contributed by atoms with van der Waals surface area (Å²) in [6.07, 6.45) is 7.37. The van der Waals surface area contributed by atoms with Crippen molar-refractivity contribution in [1.82, 2.24) is 10.2 Å². The first-order chi connectivity index (χ1) is 16.6. The molecule has 1 atom stereocenters. The molecule has 2 amide bonds. The van der Waals surface area contributed by atoms with Crippen molar-refractivity contribution in [2.24, 2.45) is 16.4 Å². The van der Waals surface area contributed by atoms with E-state index >= 15 is 0 Å². The number of rotatable bonds is 7. The third-order valence-electron chi connectivity index (χ3n) is 7.33. The molecular formula is C26H38ClN5O3. The number of alkyl carbamates (subject to hydrolysis) is 1. The summed E-state index contributed by atoms with van der Waals surface area (Å²) >= 11 is 6.02. The normalized spacial score (nSPS) is 19.4. The minimum absolute atomic E-state index is 0.0479. The molecule has 2 aliphatic rings. The van der Waals surface area contributed by atoms with Gasteiger partial charge in [-0.25, -0.2) is 4.79 Å². The highest BCUT2D eigenvalue weighted by Gasteiger charge is 2.43. The molecular weight excluding hydrogens is 466 g/mol. The van der Waals surface area contributed by atoms with Gasteiger partial charge in [-0.3, -0.25) is 4.79 Å². The summed E-state index contributed by atoms with van der Waals surface area (Å²) in [6, 6.07) is 6.54. The first-order valence-electron chi connectivity index (χ1n) is 12.7. The topological polar surface area (TPSA) is 107 Å². The van der Waals surface area contributed by atoms with Gasteiger partial charge in [0.15, 0.2) is 0 Å². The van der Waals surface area contributed by atoms with Crippen LogP contribution in [0.4, 0.5) is 4.79 Å². The van der Waals surface area contributed by atoms with Gasteiger partial charge in [0.1, 0.15) is 11.6 Å². The molecule has 1 aromatic carbocycles. The number of carbonyl (C=O) groups is 2. The van der Waals surface area contributed by atoms with Gasteiger partial charge in [0.25, 0.3) is 0 Å². The van der Waals surface area contributed by atoms with E-state index in [1.807, 2.05) is 17.0 Å². The molecule has 3 rings (SSSR count). The number of nitrogens with one attached hydrogen (secondary N) is 1. The Labute approximate surface area is 213 Å². The summed E-state index contributed by atoms with van der Waals surface area (Å²) in [5.41, 5.74) is 9.17. The van der Waals surface area contributed by atoms with Gasteiger partial charge >= 0.3 is 6.09 Å². The molecule has 192 valence electrons. The summed E-state index contributed by atoms with van der Waals surface area (Å²) in [5.74, 6) is 0.413. The van der Waals surface area contributed by atoms with Gasteiger partial charge in [-0.1, -0.05) is 48.1 Å². The zero-order valence-electron chi connectivity index (χ0n) is 21.1. The maximum absolute atomic E-state index is 13.6. The molecule has 1 aliphatic carbocycles. The van der Waals surface area contributed by atoms with E-state index in [0.29, 0.717) is 37.0 Å². The highest BCUT2D eigenvalue weighted by Crippen LogP contribution is 2.46. The van der Waals surface area contributed by atoms with Gasteiger partial charge < -0.3 is 15.0 Å². The Morgan fingerprint density at radius 3 is 2.40 bits per heavy atom. The summed E-state index contributed by atoms with van der Waals surface area (Å²) in [7, 11) is 0. The molecule has 0 radical (unpaired) electrons. The molecule has 1 saturated carbocycles. The predicted octanol–water partition coefficient (Wildman–Crippen LogP) is 6.28. The highest BCUT2D eigenvalue weighted by atomic mass is 35.5. The van der Waals surface area contributed by atoms with Crippen molar-refractivity contribution in [1.29, 1.82) is 0 Å². The number of hydrogen-bond acceptors (Lipinski definition) is 4. The predicted molar refractivity (Wildman–Crippen MR) is 137 cm³/mol. The molecule has 1 saturated heterocycles. The number of ether oxygens (including phenoxy) is 1. The highest BCUT2D eigenvalue weighted by molar-refractivity contribution is 6.30. The molecule has 8 nitrogen and oxygen atoms in total. The summed E-state index contributed by atoms with van der Waals surface area (Å²) in [5, 5.41) is 7.39. The maximum atomic E-state index is 13.6. The minimum Gasteiger partial charge on any atom is -0.444 e. The zero-order valence-corrected chi connectivity index (χ0v) is 21.9. The SMILES string of the molecule is CC(C)(C)OC(=O)N[C@H](Cc1ccc(Cl)cc1)C(=O)N1CCC(CN=[N+]=[N-])(C2CCCCC2)CC1. The average Bonchev–Trinajstić information content (AvgIpc) is 2.83. The van der Waals surface area contributed by atoms with Crippen molar-refractivity contribution in [2.45, 2.75) is 83.8 Å². The monoisotopic (exact) mass is 503 g/mol. The van der Waals surface area contributed by atoms with Crippen LogP contribution in [-0.4, -0.2) is 48.2 Å². The number of nitrogens with zero attached hydrogens (tertiary/aromatic N) is 4. The van der Waals surface area contributed by atoms with E-state index in [9.17, 15) is 9.59 Å². The molecule has 9 heteroatoms. The Kier molecular flexibility index (Phi) is 9.31. The van der Waals surface area contributed by atoms with Gasteiger partial charge in [0, 0.05) is 36.0 Å². The Morgan fingerprint density at radius 1 is 1.20 bits per heavy atom. The van der Waals surface area contributed by atoms with Crippen molar-refractivity contribution >= 4 is 23.6 Å². The fourth-order valence-electron chi connectivity index (χ4n) is 5.48. The van der Waals surface area contributed by atoms with Crippen molar-refractivity contribution in [2.75, 3.05) is 19.6 Å². The third-order valence-corrected chi connectivity index (χ3v) is 7.59. The molecule has 0 aromatic heterocycles. The standard InChI is InChI=1S/C26H38ClN5O3/c1-25(2,3)35-24(34)30-22(17-19-9-11-21(27)12-10-19)23(33)32-15-13-26(14-16-32,18-29-31-28)20-7-5-4-6-8-20/h9-12,20,22H,4-8,13-18H2,1-3H3,(H,30,34)/t22-/m1/s1. The number of azide groups is 1. The number of hydrogen-bond donors (Lipinski definition) is 1. The lowest BCUT2D eigenvalue weighted by Crippen LogP contribution is -2.55. The van der Waals surface area contributed by atoms with E-state index in [0.717, 1.165) is 31.2 Å². The van der Waals surface area contributed by atoms with Crippen LogP contribution in [0, 0.1) is 11.3 Å². The van der Waals surface area contributed by atoms with E-state index in [1.165, 1.54) is 19.3 Å². The number of piperidine rings is 1. The van der Waals surface area contributed by atoms with Crippen LogP contribution < -0.4 is 5.32 Å². The molecule has 1 N–H and O–H groups in total. The third kappa shape index (κ3) is 7.77. The lowest BCUT2D eigenvalue weighted by Gasteiger charge is -2.48. The van der Waals surface area contributed by atoms with Crippen LogP contribution >= 0.6 is 11.6 Å². The summed E-state index contributed by atoms with van der Waals surface area (Å²) in [4.78, 5) is 31.1. The fraction of sp³-hybridized carbons (Fsp3) is 0.692. The number of likely N-dealkylation sites (tertiary alicyclic amines) is 1. The first kappa shape index (κ1) is 27.2. The maximum Gasteiger partial charge on any atom is 0.408 e. The Bertz CT molecular complexity index is 910. The van der Waals surface area contributed by atoms with Crippen LogP contribution in [0.3, 0.4) is 0 Å². The second-order valence-electron chi connectivity index (χ2n) is 10.9. The van der Waals surface area contributed by atoms with Gasteiger partial charge in [-0.15, -0.1) is 0 Å².